The molecular weight excluding hydrogens is 511 g/mol. The predicted molar refractivity (Wildman–Crippen MR) is 139 cm³/mol. The molecule has 0 saturated carbocycles. The third kappa shape index (κ3) is 6.15. The Balaban J connectivity index is 1.45. The van der Waals surface area contributed by atoms with E-state index in [1.54, 1.807) is 30.0 Å². The summed E-state index contributed by atoms with van der Waals surface area (Å²) in [4.78, 5) is 15.1. The second-order valence-corrected chi connectivity index (χ2v) is 12.0. The van der Waals surface area contributed by atoms with Gasteiger partial charge in [-0.3, -0.25) is 4.79 Å². The first-order valence-corrected chi connectivity index (χ1v) is 14.0. The van der Waals surface area contributed by atoms with Crippen LogP contribution in [0.25, 0.3) is 0 Å². The van der Waals surface area contributed by atoms with Gasteiger partial charge in [-0.1, -0.05) is 71.4 Å². The lowest BCUT2D eigenvalue weighted by molar-refractivity contribution is -0.120. The Morgan fingerprint density at radius 1 is 0.971 bits per heavy atom. The van der Waals surface area contributed by atoms with Crippen LogP contribution in [-0.4, -0.2) is 31.7 Å². The number of benzene rings is 3. The van der Waals surface area contributed by atoms with Crippen molar-refractivity contribution < 1.29 is 13.2 Å². The molecule has 1 saturated heterocycles. The van der Waals surface area contributed by atoms with Gasteiger partial charge in [-0.15, -0.1) is 0 Å². The lowest BCUT2D eigenvalue weighted by Gasteiger charge is -2.31. The third-order valence-electron chi connectivity index (χ3n) is 5.65. The first-order valence-electron chi connectivity index (χ1n) is 10.9. The predicted octanol–water partition coefficient (Wildman–Crippen LogP) is 6.33. The maximum atomic E-state index is 13.1. The van der Waals surface area contributed by atoms with Crippen LogP contribution in [0.5, 0.6) is 0 Å². The molecule has 3 aromatic rings. The SMILES string of the molecule is O=C(Nc1ccccc1Sc1ccccc1)[C@H]1CCCN(S(=O)(=O)Cc2c(Cl)cccc2Cl)C1. The molecule has 178 valence electrons. The highest BCUT2D eigenvalue weighted by molar-refractivity contribution is 7.99. The second-order valence-electron chi connectivity index (χ2n) is 8.05. The molecule has 0 radical (unpaired) electrons. The Bertz CT molecular complexity index is 1250. The number of nitrogens with zero attached hydrogens (tertiary/aromatic N) is 1. The van der Waals surface area contributed by atoms with Crippen LogP contribution in [0.4, 0.5) is 5.69 Å². The molecule has 1 atom stereocenters. The standard InChI is InChI=1S/C25H24Cl2N2O3S2/c26-21-11-6-12-22(27)20(21)17-34(31,32)29-15-7-8-18(16-29)25(30)28-23-13-4-5-14-24(23)33-19-9-2-1-3-10-19/h1-6,9-14,18H,7-8,15-17H2,(H,28,30)/t18-/m0/s1. The van der Waals surface area contributed by atoms with E-state index in [1.807, 2.05) is 54.6 Å². The van der Waals surface area contributed by atoms with Crippen molar-refractivity contribution in [2.45, 2.75) is 28.4 Å². The number of hydrogen-bond acceptors (Lipinski definition) is 4. The van der Waals surface area contributed by atoms with Crippen molar-refractivity contribution in [3.8, 4) is 0 Å². The summed E-state index contributed by atoms with van der Waals surface area (Å²) in [5, 5.41) is 3.65. The Labute approximate surface area is 214 Å². The maximum Gasteiger partial charge on any atom is 0.228 e. The van der Waals surface area contributed by atoms with Gasteiger partial charge in [0.05, 0.1) is 17.4 Å². The topological polar surface area (TPSA) is 66.5 Å². The zero-order chi connectivity index (χ0) is 24.1. The van der Waals surface area contributed by atoms with Crippen LogP contribution < -0.4 is 5.32 Å². The number of hydrogen-bond donors (Lipinski definition) is 1. The fourth-order valence-electron chi connectivity index (χ4n) is 3.86. The number of amides is 1. The Morgan fingerprint density at radius 2 is 1.65 bits per heavy atom. The van der Waals surface area contributed by atoms with E-state index in [1.165, 1.54) is 4.31 Å². The number of rotatable bonds is 7. The van der Waals surface area contributed by atoms with Gasteiger partial charge in [-0.2, -0.15) is 0 Å². The Morgan fingerprint density at radius 3 is 2.38 bits per heavy atom. The summed E-state index contributed by atoms with van der Waals surface area (Å²) in [6.07, 6.45) is 1.23. The van der Waals surface area contributed by atoms with Gasteiger partial charge in [0.1, 0.15) is 0 Å². The number of carbonyl (C=O) groups is 1. The average molecular weight is 536 g/mol. The first kappa shape index (κ1) is 25.1. The number of halogens is 2. The number of anilines is 1. The van der Waals surface area contributed by atoms with Gasteiger partial charge in [-0.25, -0.2) is 12.7 Å². The summed E-state index contributed by atoms with van der Waals surface area (Å²) in [7, 11) is -3.69. The molecule has 1 amide bonds. The molecule has 5 nitrogen and oxygen atoms in total. The van der Waals surface area contributed by atoms with Crippen molar-refractivity contribution in [1.82, 2.24) is 4.31 Å². The van der Waals surface area contributed by atoms with Gasteiger partial charge < -0.3 is 5.32 Å². The van der Waals surface area contributed by atoms with Crippen molar-refractivity contribution in [2.75, 3.05) is 18.4 Å². The molecule has 3 aromatic carbocycles. The molecule has 34 heavy (non-hydrogen) atoms. The number of para-hydroxylation sites is 1. The molecule has 9 heteroatoms. The van der Waals surface area contributed by atoms with Crippen LogP contribution in [0, 0.1) is 5.92 Å². The quantitative estimate of drug-likeness (QED) is 0.384. The summed E-state index contributed by atoms with van der Waals surface area (Å²) in [6, 6.07) is 22.5. The summed E-state index contributed by atoms with van der Waals surface area (Å²) in [6.45, 7) is 0.499. The molecule has 4 rings (SSSR count). The molecule has 1 fully saturated rings. The highest BCUT2D eigenvalue weighted by Crippen LogP contribution is 2.34. The van der Waals surface area contributed by atoms with E-state index < -0.39 is 15.9 Å². The maximum absolute atomic E-state index is 13.1. The largest absolute Gasteiger partial charge is 0.325 e. The van der Waals surface area contributed by atoms with Crippen LogP contribution in [0.2, 0.25) is 10.0 Å². The Kier molecular flexibility index (Phi) is 8.22. The van der Waals surface area contributed by atoms with Gasteiger partial charge in [0.2, 0.25) is 15.9 Å². The highest BCUT2D eigenvalue weighted by atomic mass is 35.5. The van der Waals surface area contributed by atoms with Crippen LogP contribution in [0.1, 0.15) is 18.4 Å². The molecule has 0 aliphatic carbocycles. The zero-order valence-electron chi connectivity index (χ0n) is 18.3. The van der Waals surface area contributed by atoms with E-state index in [9.17, 15) is 13.2 Å². The monoisotopic (exact) mass is 534 g/mol. The van der Waals surface area contributed by atoms with Gasteiger partial charge in [0, 0.05) is 38.5 Å². The molecule has 1 aliphatic rings. The van der Waals surface area contributed by atoms with Crippen molar-refractivity contribution in [3.63, 3.8) is 0 Å². The minimum atomic E-state index is -3.69. The summed E-state index contributed by atoms with van der Waals surface area (Å²) in [5.74, 6) is -0.923. The molecule has 1 N–H and O–H groups in total. The lowest BCUT2D eigenvalue weighted by Crippen LogP contribution is -2.44. The molecular formula is C25H24Cl2N2O3S2. The van der Waals surface area contributed by atoms with Gasteiger partial charge in [0.15, 0.2) is 0 Å². The lowest BCUT2D eigenvalue weighted by atomic mass is 9.99. The number of nitrogens with one attached hydrogen (secondary N) is 1. The second kappa shape index (κ2) is 11.1. The number of carbonyl (C=O) groups excluding carboxylic acids is 1. The van der Waals surface area contributed by atoms with Gasteiger partial charge in [0.25, 0.3) is 0 Å². The first-order chi connectivity index (χ1) is 16.3. The normalized spacial score (nSPS) is 16.8. The summed E-state index contributed by atoms with van der Waals surface area (Å²) < 4.78 is 27.6. The smallest absolute Gasteiger partial charge is 0.228 e. The van der Waals surface area contributed by atoms with E-state index >= 15 is 0 Å². The van der Waals surface area contributed by atoms with Crippen LogP contribution in [0.3, 0.4) is 0 Å². The summed E-state index contributed by atoms with van der Waals surface area (Å²) in [5.41, 5.74) is 1.09. The van der Waals surface area contributed by atoms with Crippen molar-refractivity contribution in [3.05, 3.63) is 88.4 Å². The fourth-order valence-corrected chi connectivity index (χ4v) is 7.15. The van der Waals surface area contributed by atoms with Crippen LogP contribution >= 0.6 is 35.0 Å². The third-order valence-corrected chi connectivity index (χ3v) is 9.22. The molecule has 1 aliphatic heterocycles. The van der Waals surface area contributed by atoms with E-state index in [-0.39, 0.29) is 18.2 Å². The van der Waals surface area contributed by atoms with Crippen molar-refractivity contribution >= 4 is 56.6 Å². The minimum absolute atomic E-state index is 0.129. The highest BCUT2D eigenvalue weighted by Gasteiger charge is 2.33. The van der Waals surface area contributed by atoms with E-state index in [0.29, 0.717) is 40.7 Å². The molecule has 0 bridgehead atoms. The van der Waals surface area contributed by atoms with E-state index in [2.05, 4.69) is 5.32 Å². The van der Waals surface area contributed by atoms with Crippen molar-refractivity contribution in [2.24, 2.45) is 5.92 Å². The molecule has 0 aromatic heterocycles. The average Bonchev–Trinajstić information content (AvgIpc) is 2.83. The number of piperidine rings is 1. The van der Waals surface area contributed by atoms with Crippen LogP contribution in [0.15, 0.2) is 82.6 Å². The minimum Gasteiger partial charge on any atom is -0.325 e. The Hall–Kier alpha value is -2.03. The zero-order valence-corrected chi connectivity index (χ0v) is 21.4. The van der Waals surface area contributed by atoms with E-state index in [0.717, 1.165) is 9.79 Å². The van der Waals surface area contributed by atoms with E-state index in [4.69, 9.17) is 23.2 Å². The fraction of sp³-hybridized carbons (Fsp3) is 0.240. The summed E-state index contributed by atoms with van der Waals surface area (Å²) >= 11 is 13.9. The molecule has 1 heterocycles. The van der Waals surface area contributed by atoms with Crippen molar-refractivity contribution in [1.29, 1.82) is 0 Å². The molecule has 0 spiro atoms. The number of sulfonamides is 1. The van der Waals surface area contributed by atoms with Gasteiger partial charge >= 0.3 is 0 Å². The molecule has 0 unspecified atom stereocenters. The van der Waals surface area contributed by atoms with Gasteiger partial charge in [-0.05, 0) is 49.2 Å². The van der Waals surface area contributed by atoms with Crippen LogP contribution in [-0.2, 0) is 20.6 Å².